The van der Waals surface area contributed by atoms with Crippen molar-refractivity contribution >= 4 is 62.2 Å². The van der Waals surface area contributed by atoms with E-state index in [0.717, 1.165) is 0 Å². The van der Waals surface area contributed by atoms with Crippen LogP contribution in [0, 0.1) is 13.8 Å². The molecule has 2 aliphatic heterocycles. The van der Waals surface area contributed by atoms with Crippen LogP contribution in [0.1, 0.15) is 78.1 Å². The lowest BCUT2D eigenvalue weighted by Gasteiger charge is -2.46. The SMILES string of the molecule is Cc1sccc1C1=C(c2cc(C3=CC4=C5CCCC5=C5C=CS[C@@]5(C)[C@]4(C)S3)sc2C)CCC1. The molecule has 34 heavy (non-hydrogen) atoms. The third-order valence-electron chi connectivity index (χ3n) is 8.82. The van der Waals surface area contributed by atoms with Crippen molar-refractivity contribution in [2.75, 3.05) is 0 Å². The van der Waals surface area contributed by atoms with Gasteiger partial charge in [-0.25, -0.2) is 0 Å². The predicted octanol–water partition coefficient (Wildman–Crippen LogP) is 10.2. The largest absolute Gasteiger partial charge is 0.149 e. The van der Waals surface area contributed by atoms with E-state index < -0.39 is 0 Å². The van der Waals surface area contributed by atoms with Crippen molar-refractivity contribution in [3.05, 3.63) is 83.1 Å². The van der Waals surface area contributed by atoms with E-state index in [4.69, 9.17) is 0 Å². The second-order valence-electron chi connectivity index (χ2n) is 10.5. The molecule has 0 amide bonds. The normalized spacial score (nSPS) is 29.9. The third kappa shape index (κ3) is 2.86. The minimum atomic E-state index is 0.110. The summed E-state index contributed by atoms with van der Waals surface area (Å²) in [6.07, 6.45) is 12.6. The molecule has 3 aliphatic carbocycles. The Morgan fingerprint density at radius 3 is 2.24 bits per heavy atom. The smallest absolute Gasteiger partial charge is 0.0618 e. The van der Waals surface area contributed by atoms with Gasteiger partial charge in [-0.15, -0.1) is 46.2 Å². The lowest BCUT2D eigenvalue weighted by atomic mass is 9.72. The molecule has 0 saturated heterocycles. The number of allylic oxidation sites excluding steroid dienone is 6. The van der Waals surface area contributed by atoms with Crippen LogP contribution in [0.4, 0.5) is 0 Å². The van der Waals surface area contributed by atoms with Gasteiger partial charge < -0.3 is 0 Å². The van der Waals surface area contributed by atoms with Gasteiger partial charge in [0.25, 0.3) is 0 Å². The first-order valence-corrected chi connectivity index (χ1v) is 15.9. The second-order valence-corrected chi connectivity index (χ2v) is 15.7. The first kappa shape index (κ1) is 22.0. The van der Waals surface area contributed by atoms with Gasteiger partial charge in [0, 0.05) is 19.5 Å². The maximum absolute atomic E-state index is 2.59. The van der Waals surface area contributed by atoms with Gasteiger partial charge in [-0.1, -0.05) is 6.08 Å². The van der Waals surface area contributed by atoms with Crippen molar-refractivity contribution in [3.63, 3.8) is 0 Å². The van der Waals surface area contributed by atoms with Crippen molar-refractivity contribution in [2.45, 2.75) is 75.7 Å². The summed E-state index contributed by atoms with van der Waals surface area (Å²) in [6, 6.07) is 4.88. The van der Waals surface area contributed by atoms with Crippen molar-refractivity contribution in [1.29, 1.82) is 0 Å². The van der Waals surface area contributed by atoms with Crippen LogP contribution in [0.2, 0.25) is 0 Å². The Bertz CT molecular complexity index is 1400. The molecule has 0 aromatic carbocycles. The molecule has 2 atom stereocenters. The fourth-order valence-electron chi connectivity index (χ4n) is 6.92. The van der Waals surface area contributed by atoms with Gasteiger partial charge in [-0.3, -0.25) is 0 Å². The summed E-state index contributed by atoms with van der Waals surface area (Å²) < 4.78 is 0.250. The van der Waals surface area contributed by atoms with Crippen LogP contribution in [-0.4, -0.2) is 9.49 Å². The van der Waals surface area contributed by atoms with E-state index in [1.54, 1.807) is 33.4 Å². The number of aryl methyl sites for hydroxylation is 2. The minimum absolute atomic E-state index is 0.110. The third-order valence-corrected chi connectivity index (χ3v) is 14.0. The zero-order valence-corrected chi connectivity index (χ0v) is 23.6. The average molecular weight is 519 g/mol. The van der Waals surface area contributed by atoms with Gasteiger partial charge in [0.2, 0.25) is 0 Å². The Balaban J connectivity index is 1.33. The highest BCUT2D eigenvalue weighted by Crippen LogP contribution is 2.68. The second kappa shape index (κ2) is 7.65. The fourth-order valence-corrected chi connectivity index (χ4v) is 11.6. The molecule has 4 heterocycles. The summed E-state index contributed by atoms with van der Waals surface area (Å²) in [5.74, 6) is 0. The highest BCUT2D eigenvalue weighted by Gasteiger charge is 2.58. The summed E-state index contributed by atoms with van der Waals surface area (Å²) in [4.78, 5) is 5.92. The molecule has 7 rings (SSSR count). The molecular formula is C30H30S4. The molecule has 2 aromatic rings. The van der Waals surface area contributed by atoms with Crippen LogP contribution in [0.5, 0.6) is 0 Å². The van der Waals surface area contributed by atoms with Gasteiger partial charge >= 0.3 is 0 Å². The van der Waals surface area contributed by atoms with Gasteiger partial charge in [0.1, 0.15) is 0 Å². The lowest BCUT2D eigenvalue weighted by molar-refractivity contribution is 0.607. The molecule has 0 N–H and O–H groups in total. The Kier molecular flexibility index (Phi) is 4.96. The van der Waals surface area contributed by atoms with Crippen molar-refractivity contribution in [2.24, 2.45) is 0 Å². The summed E-state index contributed by atoms with van der Waals surface area (Å²) >= 11 is 8.09. The highest BCUT2D eigenvalue weighted by molar-refractivity contribution is 8.12. The molecular weight excluding hydrogens is 489 g/mol. The molecule has 0 bridgehead atoms. The summed E-state index contributed by atoms with van der Waals surface area (Å²) in [5.41, 5.74) is 12.8. The van der Waals surface area contributed by atoms with Crippen molar-refractivity contribution in [3.8, 4) is 0 Å². The van der Waals surface area contributed by atoms with Crippen molar-refractivity contribution < 1.29 is 0 Å². The standard InChI is InChI=1S/C30H30S4/c1-17-19(11-13-31-17)20-7-5-8-21(20)24-15-27(33-18(24)2)28-16-26-23-10-6-9-22(23)25-12-14-32-29(25,3)30(26,4)34-28/h11-16H,5-10H2,1-4H3/t29-,30-/m1/s1. The molecule has 4 heteroatoms. The number of thioether (sulfide) groups is 2. The molecule has 5 aliphatic rings. The number of thiophene rings is 2. The molecule has 2 aromatic heterocycles. The number of rotatable bonds is 3. The van der Waals surface area contributed by atoms with E-state index in [-0.39, 0.29) is 9.49 Å². The Labute approximate surface area is 220 Å². The quantitative estimate of drug-likeness (QED) is 0.396. The van der Waals surface area contributed by atoms with Gasteiger partial charge in [0.05, 0.1) is 9.49 Å². The number of hydrogen-bond donors (Lipinski definition) is 0. The summed E-state index contributed by atoms with van der Waals surface area (Å²) in [6.45, 7) is 9.65. The summed E-state index contributed by atoms with van der Waals surface area (Å²) in [5, 5.41) is 4.62. The van der Waals surface area contributed by atoms with Gasteiger partial charge in [0.15, 0.2) is 0 Å². The van der Waals surface area contributed by atoms with Crippen molar-refractivity contribution in [1.82, 2.24) is 0 Å². The molecule has 1 saturated carbocycles. The van der Waals surface area contributed by atoms with Crippen LogP contribution in [-0.2, 0) is 0 Å². The maximum atomic E-state index is 2.59. The van der Waals surface area contributed by atoms with E-state index in [0.29, 0.717) is 0 Å². The summed E-state index contributed by atoms with van der Waals surface area (Å²) in [7, 11) is 0. The Morgan fingerprint density at radius 1 is 0.794 bits per heavy atom. The Hall–Kier alpha value is -1.20. The first-order valence-electron chi connectivity index (χ1n) is 12.5. The highest BCUT2D eigenvalue weighted by atomic mass is 32.2. The lowest BCUT2D eigenvalue weighted by Crippen LogP contribution is -2.47. The molecule has 0 unspecified atom stereocenters. The number of fused-ring (bicyclic) bond motifs is 4. The van der Waals surface area contributed by atoms with Crippen LogP contribution < -0.4 is 0 Å². The van der Waals surface area contributed by atoms with E-state index in [2.05, 4.69) is 74.5 Å². The minimum Gasteiger partial charge on any atom is -0.149 e. The molecule has 1 fully saturated rings. The average Bonchev–Trinajstić information content (AvgIpc) is 3.60. The topological polar surface area (TPSA) is 0 Å². The fraction of sp³-hybridized carbons (Fsp3) is 0.400. The molecule has 0 spiro atoms. The van der Waals surface area contributed by atoms with Crippen LogP contribution in [0.3, 0.4) is 0 Å². The molecule has 174 valence electrons. The molecule has 0 nitrogen and oxygen atoms in total. The van der Waals surface area contributed by atoms with Crippen LogP contribution in [0.25, 0.3) is 16.1 Å². The zero-order valence-electron chi connectivity index (χ0n) is 20.3. The predicted molar refractivity (Wildman–Crippen MR) is 156 cm³/mol. The van der Waals surface area contributed by atoms with E-state index in [1.807, 2.05) is 34.4 Å². The Morgan fingerprint density at radius 2 is 1.50 bits per heavy atom. The molecule has 0 radical (unpaired) electrons. The van der Waals surface area contributed by atoms with Gasteiger partial charge in [-0.05, 0) is 140 Å². The van der Waals surface area contributed by atoms with Crippen LogP contribution >= 0.6 is 46.2 Å². The number of hydrogen-bond acceptors (Lipinski definition) is 4. The monoisotopic (exact) mass is 518 g/mol. The zero-order chi connectivity index (χ0) is 23.2. The van der Waals surface area contributed by atoms with E-state index in [9.17, 15) is 0 Å². The van der Waals surface area contributed by atoms with Gasteiger partial charge in [-0.2, -0.15) is 0 Å². The van der Waals surface area contributed by atoms with E-state index >= 15 is 0 Å². The van der Waals surface area contributed by atoms with E-state index in [1.165, 1.54) is 69.2 Å². The maximum Gasteiger partial charge on any atom is 0.0618 e. The van der Waals surface area contributed by atoms with Crippen LogP contribution in [0.15, 0.2) is 57.4 Å². The first-order chi connectivity index (χ1) is 16.4.